The summed E-state index contributed by atoms with van der Waals surface area (Å²) in [6.45, 7) is 7.24. The number of halogens is 1. The van der Waals surface area contributed by atoms with Crippen LogP contribution in [0.1, 0.15) is 18.5 Å². The van der Waals surface area contributed by atoms with Crippen LogP contribution in [0.3, 0.4) is 0 Å². The van der Waals surface area contributed by atoms with Crippen LogP contribution in [-0.2, 0) is 4.74 Å². The van der Waals surface area contributed by atoms with Crippen LogP contribution in [0.25, 0.3) is 0 Å². The summed E-state index contributed by atoms with van der Waals surface area (Å²) in [4.78, 5) is 1.89. The minimum absolute atomic E-state index is 0.217. The van der Waals surface area contributed by atoms with Gasteiger partial charge >= 0.3 is 0 Å². The van der Waals surface area contributed by atoms with Gasteiger partial charge in [-0.15, -0.1) is 6.58 Å². The molecular weight excluding hydrogens is 231 g/mol. The van der Waals surface area contributed by atoms with Gasteiger partial charge in [-0.2, -0.15) is 0 Å². The number of hydrogen-bond donors (Lipinski definition) is 1. The molecule has 18 heavy (non-hydrogen) atoms. The molecule has 0 radical (unpaired) electrons. The number of methoxy groups -OCH3 is 1. The molecule has 0 unspecified atom stereocenters. The van der Waals surface area contributed by atoms with E-state index in [9.17, 15) is 4.39 Å². The van der Waals surface area contributed by atoms with Gasteiger partial charge in [-0.05, 0) is 18.6 Å². The Bertz CT molecular complexity index is 393. The standard InChI is InChI=1S/C14H21FN2O/c1-4-8-17(9-10-18-3)14-12(11(2)16)6-5-7-13(14)15/h4-7,11H,1,8-10,16H2,2-3H3/t11-/m0/s1. The summed E-state index contributed by atoms with van der Waals surface area (Å²) in [5, 5.41) is 0. The van der Waals surface area contributed by atoms with E-state index in [0.717, 1.165) is 5.56 Å². The number of nitrogens with two attached hydrogens (primary N) is 1. The summed E-state index contributed by atoms with van der Waals surface area (Å²) < 4.78 is 19.1. The van der Waals surface area contributed by atoms with Gasteiger partial charge in [0.25, 0.3) is 0 Å². The van der Waals surface area contributed by atoms with E-state index in [1.54, 1.807) is 19.3 Å². The van der Waals surface area contributed by atoms with E-state index >= 15 is 0 Å². The zero-order valence-corrected chi connectivity index (χ0v) is 11.0. The molecule has 3 nitrogen and oxygen atoms in total. The van der Waals surface area contributed by atoms with Crippen molar-refractivity contribution in [2.45, 2.75) is 13.0 Å². The number of para-hydroxylation sites is 1. The van der Waals surface area contributed by atoms with Crippen molar-refractivity contribution in [3.63, 3.8) is 0 Å². The van der Waals surface area contributed by atoms with Gasteiger partial charge in [0.2, 0.25) is 0 Å². The molecule has 0 amide bonds. The zero-order chi connectivity index (χ0) is 13.5. The molecule has 0 saturated heterocycles. The van der Waals surface area contributed by atoms with Gasteiger partial charge in [0.05, 0.1) is 12.3 Å². The molecule has 1 atom stereocenters. The minimum Gasteiger partial charge on any atom is -0.383 e. The molecule has 0 aliphatic heterocycles. The van der Waals surface area contributed by atoms with E-state index in [-0.39, 0.29) is 11.9 Å². The van der Waals surface area contributed by atoms with Crippen LogP contribution in [0.15, 0.2) is 30.9 Å². The van der Waals surface area contributed by atoms with Gasteiger partial charge < -0.3 is 15.4 Å². The van der Waals surface area contributed by atoms with Gasteiger partial charge in [-0.1, -0.05) is 18.2 Å². The first-order chi connectivity index (χ1) is 8.61. The predicted molar refractivity (Wildman–Crippen MR) is 73.3 cm³/mol. The third-order valence-corrected chi connectivity index (χ3v) is 2.74. The van der Waals surface area contributed by atoms with Crippen LogP contribution in [0.4, 0.5) is 10.1 Å². The summed E-state index contributed by atoms with van der Waals surface area (Å²) in [6, 6.07) is 4.77. The average molecular weight is 252 g/mol. The van der Waals surface area contributed by atoms with Gasteiger partial charge in [-0.25, -0.2) is 4.39 Å². The monoisotopic (exact) mass is 252 g/mol. The predicted octanol–water partition coefficient (Wildman–Crippen LogP) is 2.48. The molecule has 1 aromatic carbocycles. The maximum absolute atomic E-state index is 14.0. The first kappa shape index (κ1) is 14.7. The average Bonchev–Trinajstić information content (AvgIpc) is 2.34. The highest BCUT2D eigenvalue weighted by Gasteiger charge is 2.17. The molecule has 0 saturated carbocycles. The highest BCUT2D eigenvalue weighted by Crippen LogP contribution is 2.28. The van der Waals surface area contributed by atoms with Crippen LogP contribution in [0.5, 0.6) is 0 Å². The van der Waals surface area contributed by atoms with E-state index in [4.69, 9.17) is 10.5 Å². The lowest BCUT2D eigenvalue weighted by atomic mass is 10.1. The van der Waals surface area contributed by atoms with Crippen molar-refractivity contribution in [1.29, 1.82) is 0 Å². The lowest BCUT2D eigenvalue weighted by Crippen LogP contribution is -2.30. The fraction of sp³-hybridized carbons (Fsp3) is 0.429. The lowest BCUT2D eigenvalue weighted by Gasteiger charge is -2.27. The summed E-state index contributed by atoms with van der Waals surface area (Å²) >= 11 is 0. The summed E-state index contributed by atoms with van der Waals surface area (Å²) in [7, 11) is 1.62. The topological polar surface area (TPSA) is 38.5 Å². The van der Waals surface area contributed by atoms with Crippen LogP contribution >= 0.6 is 0 Å². The Morgan fingerprint density at radius 3 is 2.83 bits per heavy atom. The first-order valence-corrected chi connectivity index (χ1v) is 6.00. The Hall–Kier alpha value is -1.39. The second-order valence-electron chi connectivity index (χ2n) is 4.19. The molecule has 0 aliphatic carbocycles. The molecular formula is C14H21FN2O. The van der Waals surface area contributed by atoms with Crippen LogP contribution in [0, 0.1) is 5.82 Å². The Morgan fingerprint density at radius 2 is 2.28 bits per heavy atom. The molecule has 0 aromatic heterocycles. The number of anilines is 1. The number of ether oxygens (including phenoxy) is 1. The van der Waals surface area contributed by atoms with E-state index < -0.39 is 0 Å². The quantitative estimate of drug-likeness (QED) is 0.758. The van der Waals surface area contributed by atoms with E-state index in [1.165, 1.54) is 6.07 Å². The van der Waals surface area contributed by atoms with Crippen molar-refractivity contribution < 1.29 is 9.13 Å². The number of rotatable bonds is 7. The van der Waals surface area contributed by atoms with Crippen LogP contribution in [0.2, 0.25) is 0 Å². The Morgan fingerprint density at radius 1 is 1.56 bits per heavy atom. The molecule has 2 N–H and O–H groups in total. The minimum atomic E-state index is -0.261. The normalized spacial score (nSPS) is 12.2. The molecule has 4 heteroatoms. The summed E-state index contributed by atoms with van der Waals surface area (Å²) in [5.41, 5.74) is 7.24. The SMILES string of the molecule is C=CCN(CCOC)c1c(F)cccc1[C@H](C)N. The highest BCUT2D eigenvalue weighted by molar-refractivity contribution is 5.56. The van der Waals surface area contributed by atoms with Crippen molar-refractivity contribution in [2.75, 3.05) is 31.7 Å². The number of nitrogens with zero attached hydrogens (tertiary/aromatic N) is 1. The molecule has 0 fully saturated rings. The highest BCUT2D eigenvalue weighted by atomic mass is 19.1. The van der Waals surface area contributed by atoms with E-state index in [0.29, 0.717) is 25.4 Å². The maximum atomic E-state index is 14.0. The van der Waals surface area contributed by atoms with Crippen molar-refractivity contribution >= 4 is 5.69 Å². The molecule has 0 heterocycles. The fourth-order valence-corrected chi connectivity index (χ4v) is 1.88. The molecule has 1 aromatic rings. The molecule has 100 valence electrons. The Kier molecular flexibility index (Phi) is 5.82. The fourth-order valence-electron chi connectivity index (χ4n) is 1.88. The van der Waals surface area contributed by atoms with Gasteiger partial charge in [-0.3, -0.25) is 0 Å². The van der Waals surface area contributed by atoms with Crippen molar-refractivity contribution in [3.8, 4) is 0 Å². The Balaban J connectivity index is 3.12. The van der Waals surface area contributed by atoms with E-state index in [2.05, 4.69) is 6.58 Å². The maximum Gasteiger partial charge on any atom is 0.146 e. The zero-order valence-electron chi connectivity index (χ0n) is 11.0. The molecule has 0 bridgehead atoms. The summed E-state index contributed by atoms with van der Waals surface area (Å²) in [5.74, 6) is -0.261. The number of hydrogen-bond acceptors (Lipinski definition) is 3. The second kappa shape index (κ2) is 7.13. The van der Waals surface area contributed by atoms with Gasteiger partial charge in [0.15, 0.2) is 0 Å². The lowest BCUT2D eigenvalue weighted by molar-refractivity contribution is 0.205. The van der Waals surface area contributed by atoms with Crippen LogP contribution < -0.4 is 10.6 Å². The molecule has 0 spiro atoms. The third kappa shape index (κ3) is 3.55. The van der Waals surface area contributed by atoms with E-state index in [1.807, 2.05) is 17.9 Å². The number of benzene rings is 1. The first-order valence-electron chi connectivity index (χ1n) is 6.00. The third-order valence-electron chi connectivity index (χ3n) is 2.74. The summed E-state index contributed by atoms with van der Waals surface area (Å²) in [6.07, 6.45) is 1.74. The molecule has 1 rings (SSSR count). The van der Waals surface area contributed by atoms with Crippen LogP contribution in [-0.4, -0.2) is 26.8 Å². The smallest absolute Gasteiger partial charge is 0.146 e. The molecule has 0 aliphatic rings. The van der Waals surface area contributed by atoms with Gasteiger partial charge in [0, 0.05) is 26.2 Å². The Labute approximate surface area is 108 Å². The van der Waals surface area contributed by atoms with Crippen molar-refractivity contribution in [3.05, 3.63) is 42.2 Å². The largest absolute Gasteiger partial charge is 0.383 e. The van der Waals surface area contributed by atoms with Crippen molar-refractivity contribution in [2.24, 2.45) is 5.73 Å². The van der Waals surface area contributed by atoms with Crippen molar-refractivity contribution in [1.82, 2.24) is 0 Å². The van der Waals surface area contributed by atoms with Gasteiger partial charge in [0.1, 0.15) is 5.82 Å². The second-order valence-corrected chi connectivity index (χ2v) is 4.19.